The number of hydrogen-bond acceptors (Lipinski definition) is 6. The van der Waals surface area contributed by atoms with Gasteiger partial charge in [-0.05, 0) is 92.0 Å². The molecule has 0 saturated carbocycles. The predicted octanol–water partition coefficient (Wildman–Crippen LogP) is 5.96. The minimum Gasteiger partial charge on any atom is -0.448 e. The van der Waals surface area contributed by atoms with Crippen LogP contribution in [0.1, 0.15) is 61.4 Å². The Balaban J connectivity index is 1.08. The van der Waals surface area contributed by atoms with Crippen LogP contribution < -0.4 is 5.46 Å². The lowest BCUT2D eigenvalue weighted by Crippen LogP contribution is -2.48. The van der Waals surface area contributed by atoms with Crippen LogP contribution in [0.5, 0.6) is 0 Å². The normalized spacial score (nSPS) is 19.6. The molecule has 220 valence electrons. The molecule has 6 rings (SSSR count). The monoisotopic (exact) mass is 584 g/mol. The summed E-state index contributed by atoms with van der Waals surface area (Å²) in [6.45, 7) is 16.5. The molecule has 3 aromatic rings. The molecule has 0 radical (unpaired) electrons. The number of ether oxygens (including phenoxy) is 1. The van der Waals surface area contributed by atoms with Gasteiger partial charge >= 0.3 is 13.2 Å². The van der Waals surface area contributed by atoms with Gasteiger partial charge in [-0.2, -0.15) is 0 Å². The van der Waals surface area contributed by atoms with Crippen LogP contribution in [0.15, 0.2) is 59.5 Å². The Hall–Kier alpha value is -2.78. The smallest absolute Gasteiger partial charge is 0.448 e. The minimum atomic E-state index is -0.425. The number of carbonyl (C=O) groups excluding carboxylic acids is 1. The number of thiol groups is 1. The molecule has 1 aliphatic carbocycles. The second-order valence-electron chi connectivity index (χ2n) is 12.9. The summed E-state index contributed by atoms with van der Waals surface area (Å²) in [5.74, 6) is 0.0701. The van der Waals surface area contributed by atoms with Crippen molar-refractivity contribution < 1.29 is 18.8 Å². The Labute approximate surface area is 255 Å². The van der Waals surface area contributed by atoms with Crippen molar-refractivity contribution in [2.24, 2.45) is 0 Å². The molecule has 6 nitrogen and oxygen atoms in total. The maximum absolute atomic E-state index is 13.1. The lowest BCUT2D eigenvalue weighted by molar-refractivity contribution is 0.00578. The standard InChI is InChI=1S/C34H41BN2O4S/c1-22-24(19-30(42)23(2)31(22)35-40-33(3,4)34(5,6)41-35)20-36-15-17-37(18-16-36)32(38)39-21-29-27-13-9-7-11-25(27)26-12-8-10-14-28(26)29/h7-14,19,29,42H,15-18,20-21H2,1-6H3. The number of fused-ring (bicyclic) bond motifs is 3. The Morgan fingerprint density at radius 3 is 2.02 bits per heavy atom. The number of piperazine rings is 1. The first kappa shape index (κ1) is 29.3. The first-order valence-corrected chi connectivity index (χ1v) is 15.4. The average Bonchev–Trinajstić information content (AvgIpc) is 3.39. The van der Waals surface area contributed by atoms with Crippen LogP contribution in [0, 0.1) is 13.8 Å². The van der Waals surface area contributed by atoms with Crippen molar-refractivity contribution in [3.8, 4) is 11.1 Å². The number of nitrogens with zero attached hydrogens (tertiary/aromatic N) is 2. The van der Waals surface area contributed by atoms with Crippen molar-refractivity contribution in [3.63, 3.8) is 0 Å². The Morgan fingerprint density at radius 2 is 1.45 bits per heavy atom. The molecule has 8 heteroatoms. The van der Waals surface area contributed by atoms with E-state index in [9.17, 15) is 4.79 Å². The van der Waals surface area contributed by atoms with E-state index in [2.05, 4.69) is 101 Å². The highest BCUT2D eigenvalue weighted by Crippen LogP contribution is 2.44. The summed E-state index contributed by atoms with van der Waals surface area (Å²) in [6.07, 6.45) is -0.233. The Bertz CT molecular complexity index is 1450. The van der Waals surface area contributed by atoms with Crippen LogP contribution >= 0.6 is 12.6 Å². The van der Waals surface area contributed by atoms with Gasteiger partial charge in [-0.3, -0.25) is 4.90 Å². The van der Waals surface area contributed by atoms with E-state index < -0.39 is 18.3 Å². The van der Waals surface area contributed by atoms with Crippen LogP contribution in [-0.4, -0.2) is 67.0 Å². The highest BCUT2D eigenvalue weighted by atomic mass is 32.1. The zero-order valence-electron chi connectivity index (χ0n) is 25.6. The van der Waals surface area contributed by atoms with Gasteiger partial charge in [0.15, 0.2) is 0 Å². The van der Waals surface area contributed by atoms with E-state index in [0.717, 1.165) is 35.6 Å². The van der Waals surface area contributed by atoms with E-state index in [1.165, 1.54) is 33.4 Å². The molecule has 0 spiro atoms. The zero-order chi connectivity index (χ0) is 29.8. The van der Waals surface area contributed by atoms with E-state index in [1.807, 2.05) is 4.90 Å². The third kappa shape index (κ3) is 5.17. The fourth-order valence-electron chi connectivity index (χ4n) is 6.47. The van der Waals surface area contributed by atoms with Gasteiger partial charge in [0.2, 0.25) is 0 Å². The van der Waals surface area contributed by atoms with Crippen molar-refractivity contribution in [2.75, 3.05) is 32.8 Å². The summed E-state index contributed by atoms with van der Waals surface area (Å²) < 4.78 is 18.8. The van der Waals surface area contributed by atoms with Crippen molar-refractivity contribution >= 4 is 31.3 Å². The summed E-state index contributed by atoms with van der Waals surface area (Å²) in [5.41, 5.74) is 8.69. The van der Waals surface area contributed by atoms with Crippen molar-refractivity contribution in [1.29, 1.82) is 0 Å². The maximum Gasteiger partial charge on any atom is 0.495 e. The van der Waals surface area contributed by atoms with Crippen molar-refractivity contribution in [2.45, 2.75) is 70.1 Å². The highest BCUT2D eigenvalue weighted by molar-refractivity contribution is 7.80. The second-order valence-corrected chi connectivity index (χ2v) is 13.4. The molecule has 0 atom stereocenters. The summed E-state index contributed by atoms with van der Waals surface area (Å²) in [7, 11) is -0.425. The van der Waals surface area contributed by atoms with Gasteiger partial charge in [0.25, 0.3) is 0 Å². The molecule has 3 aromatic carbocycles. The summed E-state index contributed by atoms with van der Waals surface area (Å²) in [4.78, 5) is 18.3. The molecule has 3 aliphatic rings. The van der Waals surface area contributed by atoms with Gasteiger partial charge in [0.05, 0.1) is 11.2 Å². The predicted molar refractivity (Wildman–Crippen MR) is 171 cm³/mol. The van der Waals surface area contributed by atoms with E-state index in [-0.39, 0.29) is 12.0 Å². The summed E-state index contributed by atoms with van der Waals surface area (Å²) in [6, 6.07) is 19.0. The van der Waals surface area contributed by atoms with E-state index in [1.54, 1.807) is 0 Å². The average molecular weight is 585 g/mol. The molecule has 0 N–H and O–H groups in total. The topological polar surface area (TPSA) is 51.2 Å². The van der Waals surface area contributed by atoms with Crippen molar-refractivity contribution in [3.05, 3.63) is 82.4 Å². The SMILES string of the molecule is Cc1c(S)cc(CN2CCN(C(=O)OCC3c4ccccc4-c4ccccc43)CC2)c(C)c1B1OC(C)(C)C(C)(C)O1. The largest absolute Gasteiger partial charge is 0.495 e. The third-order valence-corrected chi connectivity index (χ3v) is 10.3. The fourth-order valence-corrected chi connectivity index (χ4v) is 6.74. The third-order valence-electron chi connectivity index (χ3n) is 9.83. The second kappa shape index (κ2) is 11.1. The molecule has 2 saturated heterocycles. The summed E-state index contributed by atoms with van der Waals surface area (Å²) in [5, 5.41) is 0. The van der Waals surface area contributed by atoms with Crippen LogP contribution in [0.25, 0.3) is 11.1 Å². The molecule has 1 amide bonds. The van der Waals surface area contributed by atoms with E-state index in [4.69, 9.17) is 26.7 Å². The first-order valence-electron chi connectivity index (χ1n) is 15.0. The number of benzene rings is 3. The molecule has 2 aliphatic heterocycles. The summed E-state index contributed by atoms with van der Waals surface area (Å²) >= 11 is 4.82. The molecule has 42 heavy (non-hydrogen) atoms. The van der Waals surface area contributed by atoms with Gasteiger partial charge in [-0.15, -0.1) is 12.6 Å². The minimum absolute atomic E-state index is 0.0701. The molecular formula is C34H41BN2O4S. The van der Waals surface area contributed by atoms with E-state index in [0.29, 0.717) is 19.7 Å². The van der Waals surface area contributed by atoms with Gasteiger partial charge in [0.1, 0.15) is 6.61 Å². The van der Waals surface area contributed by atoms with Gasteiger partial charge in [-0.25, -0.2) is 4.79 Å². The quantitative estimate of drug-likeness (QED) is 0.297. The Morgan fingerprint density at radius 1 is 0.905 bits per heavy atom. The lowest BCUT2D eigenvalue weighted by Gasteiger charge is -2.35. The van der Waals surface area contributed by atoms with Crippen molar-refractivity contribution in [1.82, 2.24) is 9.80 Å². The molecule has 2 fully saturated rings. The van der Waals surface area contributed by atoms with Gasteiger partial charge in [-0.1, -0.05) is 48.5 Å². The number of hydrogen-bond donors (Lipinski definition) is 1. The zero-order valence-corrected chi connectivity index (χ0v) is 26.5. The maximum atomic E-state index is 13.1. The molecule has 2 heterocycles. The fraction of sp³-hybridized carbons (Fsp3) is 0.441. The Kier molecular flexibility index (Phi) is 7.71. The number of rotatable bonds is 5. The van der Waals surface area contributed by atoms with Gasteiger partial charge < -0.3 is 18.9 Å². The number of amides is 1. The molecular weight excluding hydrogens is 543 g/mol. The molecule has 0 bridgehead atoms. The molecule has 0 aromatic heterocycles. The van der Waals surface area contributed by atoms with Crippen LogP contribution in [0.2, 0.25) is 0 Å². The van der Waals surface area contributed by atoms with Crippen LogP contribution in [-0.2, 0) is 20.6 Å². The van der Waals surface area contributed by atoms with Crippen LogP contribution in [0.3, 0.4) is 0 Å². The van der Waals surface area contributed by atoms with Gasteiger partial charge in [0, 0.05) is 43.5 Å². The highest BCUT2D eigenvalue weighted by Gasteiger charge is 2.52. The lowest BCUT2D eigenvalue weighted by atomic mass is 9.72. The number of carbonyl (C=O) groups is 1. The first-order chi connectivity index (χ1) is 20.0. The molecule has 0 unspecified atom stereocenters. The van der Waals surface area contributed by atoms with Crippen LogP contribution in [0.4, 0.5) is 4.79 Å². The van der Waals surface area contributed by atoms with E-state index >= 15 is 0 Å².